The van der Waals surface area contributed by atoms with E-state index in [9.17, 15) is 10.1 Å². The highest BCUT2D eigenvalue weighted by atomic mass is 79.9. The van der Waals surface area contributed by atoms with Crippen LogP contribution in [0.3, 0.4) is 0 Å². The first kappa shape index (κ1) is 14.3. The summed E-state index contributed by atoms with van der Waals surface area (Å²) in [5.41, 5.74) is 1.51. The normalized spacial score (nSPS) is 19.1. The quantitative estimate of drug-likeness (QED) is 0.644. The zero-order valence-electron chi connectivity index (χ0n) is 11.3. The van der Waals surface area contributed by atoms with Gasteiger partial charge in [0.25, 0.3) is 5.69 Å². The Morgan fingerprint density at radius 2 is 2.00 bits per heavy atom. The summed E-state index contributed by atoms with van der Waals surface area (Å²) < 4.78 is 0.527. The molecule has 19 heavy (non-hydrogen) atoms. The highest BCUT2D eigenvalue weighted by molar-refractivity contribution is 9.10. The molecule has 1 saturated carbocycles. The molecule has 0 aliphatic heterocycles. The van der Waals surface area contributed by atoms with Crippen molar-refractivity contribution in [1.29, 1.82) is 0 Å². The first-order valence-electron chi connectivity index (χ1n) is 6.58. The number of benzene rings is 1. The maximum absolute atomic E-state index is 10.7. The Bertz CT molecular complexity index is 478. The van der Waals surface area contributed by atoms with Crippen LogP contribution in [0, 0.1) is 15.5 Å². The van der Waals surface area contributed by atoms with E-state index in [4.69, 9.17) is 0 Å². The van der Waals surface area contributed by atoms with Gasteiger partial charge in [-0.3, -0.25) is 10.1 Å². The predicted molar refractivity (Wildman–Crippen MR) is 80.5 cm³/mol. The molecule has 104 valence electrons. The second kappa shape index (κ2) is 5.49. The highest BCUT2D eigenvalue weighted by Crippen LogP contribution is 2.36. The number of hydrogen-bond acceptors (Lipinski definition) is 3. The fourth-order valence-corrected chi connectivity index (χ4v) is 3.05. The summed E-state index contributed by atoms with van der Waals surface area (Å²) in [6, 6.07) is 5.58. The van der Waals surface area contributed by atoms with E-state index in [0.717, 1.165) is 18.5 Å². The van der Waals surface area contributed by atoms with Gasteiger partial charge in [-0.05, 0) is 59.2 Å². The van der Waals surface area contributed by atoms with Crippen molar-refractivity contribution in [3.05, 3.63) is 32.8 Å². The molecular weight excluding hydrogens is 308 g/mol. The van der Waals surface area contributed by atoms with E-state index in [0.29, 0.717) is 15.9 Å². The van der Waals surface area contributed by atoms with Crippen molar-refractivity contribution in [2.24, 2.45) is 5.41 Å². The van der Waals surface area contributed by atoms with Gasteiger partial charge in [-0.2, -0.15) is 0 Å². The van der Waals surface area contributed by atoms with Gasteiger partial charge in [0.2, 0.25) is 0 Å². The molecule has 0 unspecified atom stereocenters. The minimum atomic E-state index is -0.378. The standard InChI is InChI=1S/C14H19BrN2O2/c1-14(2)7-5-10(6-8-14)16-11-3-4-13(17(18)19)12(15)9-11/h3-4,9-10,16H,5-8H2,1-2H3. The van der Waals surface area contributed by atoms with Crippen LogP contribution in [0.4, 0.5) is 11.4 Å². The van der Waals surface area contributed by atoms with Crippen LogP contribution in [0.15, 0.2) is 22.7 Å². The van der Waals surface area contributed by atoms with Gasteiger partial charge in [0, 0.05) is 17.8 Å². The summed E-state index contributed by atoms with van der Waals surface area (Å²) in [4.78, 5) is 10.4. The van der Waals surface area contributed by atoms with Crippen molar-refractivity contribution in [3.63, 3.8) is 0 Å². The summed E-state index contributed by atoms with van der Waals surface area (Å²) in [6.45, 7) is 4.62. The molecule has 1 aromatic rings. The lowest BCUT2D eigenvalue weighted by Gasteiger charge is -2.35. The molecular formula is C14H19BrN2O2. The van der Waals surface area contributed by atoms with Gasteiger partial charge >= 0.3 is 0 Å². The number of anilines is 1. The summed E-state index contributed by atoms with van der Waals surface area (Å²) in [7, 11) is 0. The fourth-order valence-electron chi connectivity index (χ4n) is 2.52. The molecule has 2 rings (SSSR count). The van der Waals surface area contributed by atoms with Gasteiger partial charge in [-0.25, -0.2) is 0 Å². The third-order valence-electron chi connectivity index (χ3n) is 3.85. The Labute approximate surface area is 121 Å². The monoisotopic (exact) mass is 326 g/mol. The van der Waals surface area contributed by atoms with Gasteiger partial charge in [0.15, 0.2) is 0 Å². The first-order chi connectivity index (χ1) is 8.87. The third kappa shape index (κ3) is 3.69. The zero-order chi connectivity index (χ0) is 14.0. The van der Waals surface area contributed by atoms with Gasteiger partial charge in [0.05, 0.1) is 9.40 Å². The van der Waals surface area contributed by atoms with Crippen molar-refractivity contribution in [2.45, 2.75) is 45.6 Å². The molecule has 0 amide bonds. The van der Waals surface area contributed by atoms with Crippen molar-refractivity contribution < 1.29 is 4.92 Å². The Kier molecular flexibility index (Phi) is 4.13. The maximum Gasteiger partial charge on any atom is 0.283 e. The van der Waals surface area contributed by atoms with Crippen LogP contribution in [0.2, 0.25) is 0 Å². The summed E-state index contributed by atoms with van der Waals surface area (Å²) >= 11 is 3.25. The van der Waals surface area contributed by atoms with Crippen LogP contribution in [-0.4, -0.2) is 11.0 Å². The molecule has 0 heterocycles. The lowest BCUT2D eigenvalue weighted by Crippen LogP contribution is -2.29. The number of nitrogens with one attached hydrogen (secondary N) is 1. The first-order valence-corrected chi connectivity index (χ1v) is 7.37. The van der Waals surface area contributed by atoms with Crippen LogP contribution >= 0.6 is 15.9 Å². The smallest absolute Gasteiger partial charge is 0.283 e. The van der Waals surface area contributed by atoms with Gasteiger partial charge in [0.1, 0.15) is 0 Å². The topological polar surface area (TPSA) is 55.2 Å². The van der Waals surface area contributed by atoms with E-state index in [-0.39, 0.29) is 10.6 Å². The fraction of sp³-hybridized carbons (Fsp3) is 0.571. The number of nitro benzene ring substituents is 1. The average Bonchev–Trinajstić information content (AvgIpc) is 2.31. The van der Waals surface area contributed by atoms with E-state index < -0.39 is 0 Å². The second-order valence-electron chi connectivity index (χ2n) is 6.01. The zero-order valence-corrected chi connectivity index (χ0v) is 12.9. The number of rotatable bonds is 3. The van der Waals surface area contributed by atoms with Gasteiger partial charge < -0.3 is 5.32 Å². The van der Waals surface area contributed by atoms with Crippen molar-refractivity contribution in [2.75, 3.05) is 5.32 Å². The van der Waals surface area contributed by atoms with Crippen molar-refractivity contribution in [1.82, 2.24) is 0 Å². The van der Waals surface area contributed by atoms with E-state index in [1.807, 2.05) is 0 Å². The van der Waals surface area contributed by atoms with Crippen LogP contribution in [0.25, 0.3) is 0 Å². The molecule has 5 heteroatoms. The molecule has 0 spiro atoms. The molecule has 1 aromatic carbocycles. The van der Waals surface area contributed by atoms with Gasteiger partial charge in [-0.1, -0.05) is 13.8 Å². The van der Waals surface area contributed by atoms with Crippen molar-refractivity contribution in [3.8, 4) is 0 Å². The van der Waals surface area contributed by atoms with Crippen LogP contribution in [0.5, 0.6) is 0 Å². The molecule has 0 saturated heterocycles. The molecule has 0 atom stereocenters. The minimum absolute atomic E-state index is 0.107. The highest BCUT2D eigenvalue weighted by Gasteiger charge is 2.26. The Morgan fingerprint density at radius 1 is 1.37 bits per heavy atom. The molecule has 0 radical (unpaired) electrons. The van der Waals surface area contributed by atoms with E-state index >= 15 is 0 Å². The Morgan fingerprint density at radius 3 is 2.53 bits per heavy atom. The molecule has 1 aliphatic carbocycles. The largest absolute Gasteiger partial charge is 0.382 e. The second-order valence-corrected chi connectivity index (χ2v) is 6.86. The van der Waals surface area contributed by atoms with E-state index in [2.05, 4.69) is 35.1 Å². The molecule has 4 nitrogen and oxygen atoms in total. The van der Waals surface area contributed by atoms with Crippen LogP contribution < -0.4 is 5.32 Å². The Hall–Kier alpha value is -1.10. The number of nitro groups is 1. The number of halogens is 1. The lowest BCUT2D eigenvalue weighted by molar-refractivity contribution is -0.385. The summed E-state index contributed by atoms with van der Waals surface area (Å²) in [5, 5.41) is 14.2. The third-order valence-corrected chi connectivity index (χ3v) is 4.49. The van der Waals surface area contributed by atoms with Gasteiger partial charge in [-0.15, -0.1) is 0 Å². The van der Waals surface area contributed by atoms with Crippen LogP contribution in [0.1, 0.15) is 39.5 Å². The summed E-state index contributed by atoms with van der Waals surface area (Å²) in [5.74, 6) is 0. The minimum Gasteiger partial charge on any atom is -0.382 e. The molecule has 1 N–H and O–H groups in total. The average molecular weight is 327 g/mol. The Balaban J connectivity index is 2.01. The molecule has 1 aliphatic rings. The molecule has 0 bridgehead atoms. The SMILES string of the molecule is CC1(C)CCC(Nc2ccc([N+](=O)[O-])c(Br)c2)CC1. The molecule has 0 aromatic heterocycles. The van der Waals surface area contributed by atoms with E-state index in [1.165, 1.54) is 12.8 Å². The maximum atomic E-state index is 10.7. The predicted octanol–water partition coefficient (Wildman–Crippen LogP) is 4.74. The number of nitrogens with zero attached hydrogens (tertiary/aromatic N) is 1. The van der Waals surface area contributed by atoms with Crippen LogP contribution in [-0.2, 0) is 0 Å². The number of hydrogen-bond donors (Lipinski definition) is 1. The van der Waals surface area contributed by atoms with E-state index in [1.54, 1.807) is 18.2 Å². The molecule has 1 fully saturated rings. The summed E-state index contributed by atoms with van der Waals surface area (Å²) in [6.07, 6.45) is 4.75. The van der Waals surface area contributed by atoms with Crippen molar-refractivity contribution >= 4 is 27.3 Å². The lowest BCUT2D eigenvalue weighted by atomic mass is 9.75.